The van der Waals surface area contributed by atoms with Crippen LogP contribution in [0.2, 0.25) is 0 Å². The molecule has 0 aliphatic carbocycles. The molecule has 90 valence electrons. The fourth-order valence-corrected chi connectivity index (χ4v) is 1.81. The van der Waals surface area contributed by atoms with Crippen LogP contribution >= 0.6 is 0 Å². The smallest absolute Gasteiger partial charge is 0.246 e. The molecule has 1 aromatic carbocycles. The van der Waals surface area contributed by atoms with E-state index >= 15 is 0 Å². The van der Waals surface area contributed by atoms with E-state index in [9.17, 15) is 9.90 Å². The summed E-state index contributed by atoms with van der Waals surface area (Å²) >= 11 is 0. The molecule has 4 heteroatoms. The Balaban J connectivity index is 1.93. The van der Waals surface area contributed by atoms with Crippen molar-refractivity contribution in [3.05, 3.63) is 35.9 Å². The van der Waals surface area contributed by atoms with Crippen LogP contribution < -0.4 is 5.73 Å². The highest BCUT2D eigenvalue weighted by molar-refractivity contribution is 5.92. The van der Waals surface area contributed by atoms with Gasteiger partial charge in [0.15, 0.2) is 0 Å². The number of likely N-dealkylation sites (tertiary alicyclic amines) is 1. The number of amides is 1. The maximum absolute atomic E-state index is 11.7. The standard InChI is InChI=1S/C13H16N2O2/c1-13(17)8-15(9-13)12(16)7-4-10-2-5-11(14)6-3-10/h2-7,17H,8-9,14H2,1H3/b7-4+. The minimum Gasteiger partial charge on any atom is -0.399 e. The first kappa shape index (κ1) is 11.7. The van der Waals surface area contributed by atoms with Crippen LogP contribution in [-0.2, 0) is 4.79 Å². The topological polar surface area (TPSA) is 66.6 Å². The molecule has 0 atom stereocenters. The lowest BCUT2D eigenvalue weighted by molar-refractivity contribution is -0.146. The van der Waals surface area contributed by atoms with Crippen molar-refractivity contribution < 1.29 is 9.90 Å². The number of nitrogens with two attached hydrogens (primary N) is 1. The predicted molar refractivity (Wildman–Crippen MR) is 67.1 cm³/mol. The molecule has 1 fully saturated rings. The summed E-state index contributed by atoms with van der Waals surface area (Å²) in [5.74, 6) is -0.0756. The molecule has 1 aliphatic rings. The van der Waals surface area contributed by atoms with E-state index in [1.165, 1.54) is 6.08 Å². The zero-order chi connectivity index (χ0) is 12.5. The number of β-amino-alcohol motifs (C(OH)–C–C–N with tert-alkyl or cyclic N) is 1. The summed E-state index contributed by atoms with van der Waals surface area (Å²) in [6.07, 6.45) is 3.26. The third kappa shape index (κ3) is 2.85. The first-order valence-corrected chi connectivity index (χ1v) is 5.51. The summed E-state index contributed by atoms with van der Waals surface area (Å²) in [7, 11) is 0. The highest BCUT2D eigenvalue weighted by atomic mass is 16.3. The zero-order valence-corrected chi connectivity index (χ0v) is 9.76. The Morgan fingerprint density at radius 2 is 2.00 bits per heavy atom. The first-order chi connectivity index (χ1) is 7.96. The highest BCUT2D eigenvalue weighted by Crippen LogP contribution is 2.20. The summed E-state index contributed by atoms with van der Waals surface area (Å²) < 4.78 is 0. The first-order valence-electron chi connectivity index (χ1n) is 5.51. The molecule has 3 N–H and O–H groups in total. The molecule has 1 heterocycles. The van der Waals surface area contributed by atoms with Crippen molar-refractivity contribution in [3.63, 3.8) is 0 Å². The van der Waals surface area contributed by atoms with Gasteiger partial charge in [-0.2, -0.15) is 0 Å². The van der Waals surface area contributed by atoms with Crippen LogP contribution in [0.25, 0.3) is 6.08 Å². The quantitative estimate of drug-likeness (QED) is 0.587. The molecule has 17 heavy (non-hydrogen) atoms. The summed E-state index contributed by atoms with van der Waals surface area (Å²) in [6, 6.07) is 7.29. The van der Waals surface area contributed by atoms with Crippen molar-refractivity contribution in [1.29, 1.82) is 0 Å². The number of carbonyl (C=O) groups is 1. The van der Waals surface area contributed by atoms with Gasteiger partial charge in [-0.3, -0.25) is 4.79 Å². The van der Waals surface area contributed by atoms with E-state index in [2.05, 4.69) is 0 Å². The average molecular weight is 232 g/mol. The number of benzene rings is 1. The van der Waals surface area contributed by atoms with Gasteiger partial charge in [0.2, 0.25) is 5.91 Å². The zero-order valence-electron chi connectivity index (χ0n) is 9.76. The Morgan fingerprint density at radius 1 is 1.41 bits per heavy atom. The SMILES string of the molecule is CC1(O)CN(C(=O)/C=C/c2ccc(N)cc2)C1. The molecule has 0 radical (unpaired) electrons. The molecule has 0 aromatic heterocycles. The third-order valence-corrected chi connectivity index (χ3v) is 2.73. The number of nitrogens with zero attached hydrogens (tertiary/aromatic N) is 1. The molecule has 0 saturated carbocycles. The number of carbonyl (C=O) groups excluding carboxylic acids is 1. The van der Waals surface area contributed by atoms with Crippen LogP contribution in [0.15, 0.2) is 30.3 Å². The van der Waals surface area contributed by atoms with Gasteiger partial charge in [-0.1, -0.05) is 12.1 Å². The largest absolute Gasteiger partial charge is 0.399 e. The molecule has 0 bridgehead atoms. The Kier molecular flexibility index (Phi) is 2.90. The lowest BCUT2D eigenvalue weighted by Gasteiger charge is -2.43. The summed E-state index contributed by atoms with van der Waals surface area (Å²) in [5, 5.41) is 9.52. The second-order valence-corrected chi connectivity index (χ2v) is 4.69. The van der Waals surface area contributed by atoms with Crippen LogP contribution in [0.1, 0.15) is 12.5 Å². The van der Waals surface area contributed by atoms with Gasteiger partial charge in [0.05, 0.1) is 18.7 Å². The Labute approximate surface area is 100 Å². The average Bonchev–Trinajstić information content (AvgIpc) is 2.24. The van der Waals surface area contributed by atoms with Crippen LogP contribution in [0.3, 0.4) is 0 Å². The summed E-state index contributed by atoms with van der Waals surface area (Å²) in [5.41, 5.74) is 6.48. The number of rotatable bonds is 2. The van der Waals surface area contributed by atoms with Crippen molar-refractivity contribution in [3.8, 4) is 0 Å². The van der Waals surface area contributed by atoms with Crippen molar-refractivity contribution in [2.24, 2.45) is 0 Å². The molecule has 4 nitrogen and oxygen atoms in total. The molecule has 0 spiro atoms. The number of hydrogen-bond donors (Lipinski definition) is 2. The van der Waals surface area contributed by atoms with E-state index in [4.69, 9.17) is 5.73 Å². The van der Waals surface area contributed by atoms with E-state index in [0.29, 0.717) is 18.8 Å². The maximum atomic E-state index is 11.7. The molecule has 1 amide bonds. The minimum atomic E-state index is -0.718. The minimum absolute atomic E-state index is 0.0756. The third-order valence-electron chi connectivity index (χ3n) is 2.73. The van der Waals surface area contributed by atoms with Crippen LogP contribution in [0, 0.1) is 0 Å². The van der Waals surface area contributed by atoms with E-state index < -0.39 is 5.60 Å². The highest BCUT2D eigenvalue weighted by Gasteiger charge is 2.38. The Morgan fingerprint density at radius 3 is 2.53 bits per heavy atom. The number of anilines is 1. The van der Waals surface area contributed by atoms with Gasteiger partial charge >= 0.3 is 0 Å². The molecule has 0 unspecified atom stereocenters. The molecule has 1 aliphatic heterocycles. The van der Waals surface area contributed by atoms with Gasteiger partial charge in [0, 0.05) is 11.8 Å². The summed E-state index contributed by atoms with van der Waals surface area (Å²) in [6.45, 7) is 2.52. The molecular weight excluding hydrogens is 216 g/mol. The Hall–Kier alpha value is -1.81. The Bertz CT molecular complexity index is 441. The van der Waals surface area contributed by atoms with Gasteiger partial charge in [-0.15, -0.1) is 0 Å². The normalized spacial score (nSPS) is 18.1. The van der Waals surface area contributed by atoms with Gasteiger partial charge in [0.25, 0.3) is 0 Å². The summed E-state index contributed by atoms with van der Waals surface area (Å²) in [4.78, 5) is 13.3. The van der Waals surface area contributed by atoms with E-state index in [1.54, 1.807) is 30.0 Å². The molecule has 1 aromatic rings. The maximum Gasteiger partial charge on any atom is 0.246 e. The number of aliphatic hydroxyl groups is 1. The number of nitrogen functional groups attached to an aromatic ring is 1. The molecule has 1 saturated heterocycles. The van der Waals surface area contributed by atoms with Gasteiger partial charge in [-0.05, 0) is 30.7 Å². The fourth-order valence-electron chi connectivity index (χ4n) is 1.81. The van der Waals surface area contributed by atoms with Gasteiger partial charge < -0.3 is 15.7 Å². The monoisotopic (exact) mass is 232 g/mol. The fraction of sp³-hybridized carbons (Fsp3) is 0.308. The van der Waals surface area contributed by atoms with Crippen molar-refractivity contribution in [2.75, 3.05) is 18.8 Å². The predicted octanol–water partition coefficient (Wildman–Crippen LogP) is 0.875. The van der Waals surface area contributed by atoms with Crippen molar-refractivity contribution in [1.82, 2.24) is 4.90 Å². The van der Waals surface area contributed by atoms with Gasteiger partial charge in [0.1, 0.15) is 0 Å². The van der Waals surface area contributed by atoms with Gasteiger partial charge in [-0.25, -0.2) is 0 Å². The van der Waals surface area contributed by atoms with Crippen LogP contribution in [0.4, 0.5) is 5.69 Å². The molecular formula is C13H16N2O2. The van der Waals surface area contributed by atoms with Crippen molar-refractivity contribution in [2.45, 2.75) is 12.5 Å². The second-order valence-electron chi connectivity index (χ2n) is 4.69. The number of hydrogen-bond acceptors (Lipinski definition) is 3. The van der Waals surface area contributed by atoms with Crippen molar-refractivity contribution >= 4 is 17.7 Å². The van der Waals surface area contributed by atoms with Crippen LogP contribution in [0.5, 0.6) is 0 Å². The lowest BCUT2D eigenvalue weighted by Crippen LogP contribution is -2.61. The van der Waals surface area contributed by atoms with E-state index in [1.807, 2.05) is 12.1 Å². The van der Waals surface area contributed by atoms with E-state index in [0.717, 1.165) is 5.56 Å². The second kappa shape index (κ2) is 4.22. The van der Waals surface area contributed by atoms with E-state index in [-0.39, 0.29) is 5.91 Å². The molecule has 2 rings (SSSR count). The lowest BCUT2D eigenvalue weighted by atomic mass is 9.97. The van der Waals surface area contributed by atoms with Crippen LogP contribution in [-0.4, -0.2) is 34.6 Å².